The Morgan fingerprint density at radius 3 is 2.52 bits per heavy atom. The number of benzene rings is 1. The van der Waals surface area contributed by atoms with Crippen LogP contribution in [-0.4, -0.2) is 27.3 Å². The molecular weight excluding hydrogens is 377 g/mol. The van der Waals surface area contributed by atoms with E-state index >= 15 is 0 Å². The van der Waals surface area contributed by atoms with Crippen LogP contribution in [0.25, 0.3) is 0 Å². The first kappa shape index (κ1) is 18.1. The van der Waals surface area contributed by atoms with Crippen LogP contribution in [0.4, 0.5) is 24.7 Å². The lowest BCUT2D eigenvalue weighted by Gasteiger charge is -2.41. The Morgan fingerprint density at radius 1 is 1.07 bits per heavy atom. The topological polar surface area (TPSA) is 62.5 Å². The summed E-state index contributed by atoms with van der Waals surface area (Å²) >= 11 is 1.07. The fraction of sp³-hybridized carbons (Fsp3) is 0.333. The lowest BCUT2D eigenvalue weighted by Crippen LogP contribution is -2.44. The second-order valence-electron chi connectivity index (χ2n) is 6.70. The van der Waals surface area contributed by atoms with Gasteiger partial charge in [-0.05, 0) is 43.9 Å². The van der Waals surface area contributed by atoms with Gasteiger partial charge in [-0.1, -0.05) is 0 Å². The average Bonchev–Trinajstić information content (AvgIpc) is 2.66. The van der Waals surface area contributed by atoms with Crippen molar-refractivity contribution in [2.75, 3.05) is 4.31 Å². The standard InChI is InChI=1S/C18H17F3N4OS/c19-10-7-14-17(23-9-10)24(13-5-6-15(20)16(21)8-13)27-25(18(14)26)12-3-1-11(22)2-4-12/h5-9,11-12H,1-4,22H2. The zero-order valence-electron chi connectivity index (χ0n) is 14.2. The van der Waals surface area contributed by atoms with Gasteiger partial charge in [0.2, 0.25) is 0 Å². The molecule has 0 spiro atoms. The van der Waals surface area contributed by atoms with Crippen LogP contribution in [0.5, 0.6) is 0 Å². The smallest absolute Gasteiger partial charge is 0.269 e. The molecule has 0 unspecified atom stereocenters. The highest BCUT2D eigenvalue weighted by molar-refractivity contribution is 7.99. The zero-order valence-corrected chi connectivity index (χ0v) is 15.1. The van der Waals surface area contributed by atoms with Crippen molar-refractivity contribution in [3.05, 3.63) is 53.5 Å². The van der Waals surface area contributed by atoms with Crippen LogP contribution < -0.4 is 10.0 Å². The van der Waals surface area contributed by atoms with E-state index in [0.717, 1.165) is 62.2 Å². The van der Waals surface area contributed by atoms with Crippen molar-refractivity contribution in [3.63, 3.8) is 0 Å². The highest BCUT2D eigenvalue weighted by Crippen LogP contribution is 2.43. The van der Waals surface area contributed by atoms with Gasteiger partial charge in [0.15, 0.2) is 17.5 Å². The third-order valence-electron chi connectivity index (χ3n) is 4.84. The summed E-state index contributed by atoms with van der Waals surface area (Å²) in [6.45, 7) is 0. The van der Waals surface area contributed by atoms with Gasteiger partial charge in [0, 0.05) is 18.2 Å². The Bertz CT molecular complexity index is 889. The molecule has 5 nitrogen and oxygen atoms in total. The Hall–Kier alpha value is -2.26. The number of fused-ring (bicyclic) bond motifs is 1. The summed E-state index contributed by atoms with van der Waals surface area (Å²) < 4.78 is 43.9. The highest BCUT2D eigenvalue weighted by Gasteiger charge is 2.38. The van der Waals surface area contributed by atoms with Gasteiger partial charge < -0.3 is 5.73 Å². The number of pyridine rings is 1. The first-order valence-corrected chi connectivity index (χ1v) is 9.35. The van der Waals surface area contributed by atoms with Gasteiger partial charge in [0.1, 0.15) is 5.82 Å². The van der Waals surface area contributed by atoms with Gasteiger partial charge in [-0.15, -0.1) is 0 Å². The van der Waals surface area contributed by atoms with Crippen LogP contribution in [-0.2, 0) is 0 Å². The largest absolute Gasteiger partial charge is 0.328 e. The number of nitrogens with zero attached hydrogens (tertiary/aromatic N) is 3. The summed E-state index contributed by atoms with van der Waals surface area (Å²) in [7, 11) is 0. The Labute approximate surface area is 158 Å². The van der Waals surface area contributed by atoms with E-state index in [9.17, 15) is 18.0 Å². The van der Waals surface area contributed by atoms with Gasteiger partial charge in [0.25, 0.3) is 5.91 Å². The molecule has 0 bridgehead atoms. The number of anilines is 2. The number of amides is 1. The van der Waals surface area contributed by atoms with Crippen LogP contribution in [0, 0.1) is 17.5 Å². The number of halogens is 3. The molecule has 1 amide bonds. The third kappa shape index (κ3) is 3.37. The van der Waals surface area contributed by atoms with Crippen molar-refractivity contribution in [1.29, 1.82) is 0 Å². The lowest BCUT2D eigenvalue weighted by molar-refractivity contribution is 0.0805. The molecule has 0 radical (unpaired) electrons. The van der Waals surface area contributed by atoms with Gasteiger partial charge in [-0.25, -0.2) is 22.5 Å². The normalized spacial score (nSPS) is 22.7. The lowest BCUT2D eigenvalue weighted by atomic mass is 9.91. The first-order chi connectivity index (χ1) is 12.9. The van der Waals surface area contributed by atoms with Crippen LogP contribution >= 0.6 is 12.1 Å². The van der Waals surface area contributed by atoms with Crippen molar-refractivity contribution in [2.45, 2.75) is 37.8 Å². The number of nitrogens with two attached hydrogens (primary N) is 1. The van der Waals surface area contributed by atoms with Crippen LogP contribution in [0.3, 0.4) is 0 Å². The van der Waals surface area contributed by atoms with Crippen molar-refractivity contribution < 1.29 is 18.0 Å². The number of carbonyl (C=O) groups excluding carboxylic acids is 1. The summed E-state index contributed by atoms with van der Waals surface area (Å²) in [5.74, 6) is -2.77. The Morgan fingerprint density at radius 2 is 1.81 bits per heavy atom. The second-order valence-corrected chi connectivity index (χ2v) is 7.62. The summed E-state index contributed by atoms with van der Waals surface area (Å²) in [5, 5.41) is 0. The minimum Gasteiger partial charge on any atom is -0.328 e. The summed E-state index contributed by atoms with van der Waals surface area (Å²) in [6, 6.07) is 4.59. The van der Waals surface area contributed by atoms with E-state index in [1.807, 2.05) is 0 Å². The van der Waals surface area contributed by atoms with Crippen molar-refractivity contribution in [2.24, 2.45) is 5.73 Å². The maximum Gasteiger partial charge on any atom is 0.269 e. The minimum atomic E-state index is -1.01. The third-order valence-corrected chi connectivity index (χ3v) is 6.02. The molecule has 1 fully saturated rings. The van der Waals surface area contributed by atoms with E-state index in [1.54, 1.807) is 4.31 Å². The van der Waals surface area contributed by atoms with E-state index in [-0.39, 0.29) is 29.4 Å². The van der Waals surface area contributed by atoms with E-state index < -0.39 is 17.5 Å². The molecule has 2 aliphatic rings. The molecule has 9 heteroatoms. The average molecular weight is 394 g/mol. The molecule has 1 aliphatic carbocycles. The number of carbonyl (C=O) groups is 1. The Kier molecular flexibility index (Phi) is 4.73. The van der Waals surface area contributed by atoms with Crippen molar-refractivity contribution >= 4 is 29.5 Å². The number of rotatable bonds is 2. The number of aromatic nitrogens is 1. The van der Waals surface area contributed by atoms with E-state index in [1.165, 1.54) is 10.4 Å². The predicted molar refractivity (Wildman–Crippen MR) is 96.7 cm³/mol. The van der Waals surface area contributed by atoms with Gasteiger partial charge in [-0.3, -0.25) is 9.10 Å². The van der Waals surface area contributed by atoms with E-state index in [2.05, 4.69) is 4.98 Å². The molecule has 4 rings (SSSR count). The summed E-state index contributed by atoms with van der Waals surface area (Å²) in [6.07, 6.45) is 4.02. The highest BCUT2D eigenvalue weighted by atomic mass is 32.2. The molecule has 142 valence electrons. The molecule has 0 saturated heterocycles. The van der Waals surface area contributed by atoms with Gasteiger partial charge in [-0.2, -0.15) is 0 Å². The molecule has 1 saturated carbocycles. The second kappa shape index (κ2) is 7.05. The SMILES string of the molecule is NC1CCC(N2SN(c3ccc(F)c(F)c3)c3ncc(F)cc3C2=O)CC1. The van der Waals surface area contributed by atoms with E-state index in [4.69, 9.17) is 5.73 Å². The maximum absolute atomic E-state index is 13.8. The van der Waals surface area contributed by atoms with Crippen LogP contribution in [0.15, 0.2) is 30.5 Å². The predicted octanol–water partition coefficient (Wildman–Crippen LogP) is 3.93. The number of hydrogen-bond acceptors (Lipinski definition) is 5. The van der Waals surface area contributed by atoms with Crippen LogP contribution in [0.2, 0.25) is 0 Å². The molecule has 2 heterocycles. The minimum absolute atomic E-state index is 0.0773. The molecular formula is C18H17F3N4OS. The molecule has 2 N–H and O–H groups in total. The summed E-state index contributed by atoms with van der Waals surface area (Å²) in [4.78, 5) is 17.0. The number of hydrogen-bond donors (Lipinski definition) is 1. The van der Waals surface area contributed by atoms with Gasteiger partial charge in [0.05, 0.1) is 29.6 Å². The monoisotopic (exact) mass is 394 g/mol. The molecule has 0 atom stereocenters. The van der Waals surface area contributed by atoms with Crippen molar-refractivity contribution in [1.82, 2.24) is 9.29 Å². The van der Waals surface area contributed by atoms with Crippen LogP contribution in [0.1, 0.15) is 36.0 Å². The molecule has 1 aromatic carbocycles. The Balaban J connectivity index is 1.75. The van der Waals surface area contributed by atoms with Crippen molar-refractivity contribution in [3.8, 4) is 0 Å². The molecule has 1 aliphatic heterocycles. The summed E-state index contributed by atoms with van der Waals surface area (Å²) in [5.41, 5.74) is 6.35. The molecule has 27 heavy (non-hydrogen) atoms. The molecule has 1 aromatic heterocycles. The zero-order chi connectivity index (χ0) is 19.1. The fourth-order valence-corrected chi connectivity index (χ4v) is 4.51. The van der Waals surface area contributed by atoms with E-state index in [0.29, 0.717) is 5.69 Å². The van der Waals surface area contributed by atoms with Gasteiger partial charge >= 0.3 is 0 Å². The molecule has 2 aromatic rings. The first-order valence-electron chi connectivity index (χ1n) is 8.62. The maximum atomic E-state index is 13.8. The fourth-order valence-electron chi connectivity index (χ4n) is 3.38. The quantitative estimate of drug-likeness (QED) is 0.782.